The van der Waals surface area contributed by atoms with Crippen LogP contribution in [-0.2, 0) is 13.7 Å². The minimum atomic E-state index is -0.126. The van der Waals surface area contributed by atoms with E-state index in [2.05, 4.69) is 21.0 Å². The second-order valence-electron chi connectivity index (χ2n) is 5.08. The Bertz CT molecular complexity index is 863. The summed E-state index contributed by atoms with van der Waals surface area (Å²) in [5.74, 6) is 1.92. The van der Waals surface area contributed by atoms with Crippen LogP contribution in [-0.4, -0.2) is 15.6 Å². The van der Waals surface area contributed by atoms with Crippen LogP contribution in [0.15, 0.2) is 63.6 Å². The van der Waals surface area contributed by atoms with E-state index in [1.807, 2.05) is 30.3 Å². The van der Waals surface area contributed by atoms with Crippen LogP contribution in [0.3, 0.4) is 0 Å². The van der Waals surface area contributed by atoms with E-state index in [0.717, 1.165) is 10.2 Å². The van der Waals surface area contributed by atoms with Crippen molar-refractivity contribution in [1.82, 2.24) is 9.78 Å². The third kappa shape index (κ3) is 4.02. The molecule has 3 aromatic rings. The minimum absolute atomic E-state index is 0.126. The first kappa shape index (κ1) is 16.3. The predicted octanol–water partition coefficient (Wildman–Crippen LogP) is 4.25. The van der Waals surface area contributed by atoms with E-state index in [1.165, 1.54) is 10.8 Å². The molecule has 2 heterocycles. The zero-order chi connectivity index (χ0) is 16.9. The Balaban J connectivity index is 1.59. The van der Waals surface area contributed by atoms with Gasteiger partial charge in [-0.25, -0.2) is 0 Å². The second-order valence-corrected chi connectivity index (χ2v) is 6.00. The molecule has 5 nitrogen and oxygen atoms in total. The smallest absolute Gasteiger partial charge is 0.203 e. The van der Waals surface area contributed by atoms with Gasteiger partial charge in [-0.1, -0.05) is 15.9 Å². The van der Waals surface area contributed by atoms with Crippen molar-refractivity contribution in [2.75, 3.05) is 0 Å². The van der Waals surface area contributed by atoms with E-state index in [1.54, 1.807) is 31.5 Å². The summed E-state index contributed by atoms with van der Waals surface area (Å²) in [6.07, 6.45) is 4.69. The average molecular weight is 387 g/mol. The van der Waals surface area contributed by atoms with Crippen molar-refractivity contribution in [3.63, 3.8) is 0 Å². The number of nitrogens with zero attached hydrogens (tertiary/aromatic N) is 2. The molecule has 0 amide bonds. The van der Waals surface area contributed by atoms with Gasteiger partial charge in [0.25, 0.3) is 0 Å². The van der Waals surface area contributed by atoms with Crippen LogP contribution in [0.5, 0.6) is 5.75 Å². The molecule has 0 saturated carbocycles. The summed E-state index contributed by atoms with van der Waals surface area (Å²) in [5.41, 5.74) is 0.525. The summed E-state index contributed by atoms with van der Waals surface area (Å²) in [5, 5.41) is 3.97. The molecule has 24 heavy (non-hydrogen) atoms. The number of ketones is 1. The molecule has 0 aliphatic carbocycles. The molecule has 0 fully saturated rings. The Kier molecular flexibility index (Phi) is 4.96. The number of carbonyl (C=O) groups excluding carboxylic acids is 1. The van der Waals surface area contributed by atoms with Gasteiger partial charge < -0.3 is 9.15 Å². The summed E-state index contributed by atoms with van der Waals surface area (Å²) >= 11 is 3.38. The van der Waals surface area contributed by atoms with Gasteiger partial charge in [0.2, 0.25) is 5.78 Å². The highest BCUT2D eigenvalue weighted by atomic mass is 79.9. The fraction of sp³-hybridized carbons (Fsp3) is 0.111. The van der Waals surface area contributed by atoms with Gasteiger partial charge in [-0.3, -0.25) is 9.48 Å². The number of allylic oxidation sites excluding steroid dienone is 1. The van der Waals surface area contributed by atoms with Crippen LogP contribution < -0.4 is 4.74 Å². The Morgan fingerprint density at radius 1 is 1.25 bits per heavy atom. The van der Waals surface area contributed by atoms with Crippen molar-refractivity contribution >= 4 is 27.8 Å². The molecule has 3 rings (SSSR count). The van der Waals surface area contributed by atoms with Crippen LogP contribution in [0.25, 0.3) is 6.08 Å². The van der Waals surface area contributed by atoms with Gasteiger partial charge in [0.15, 0.2) is 0 Å². The van der Waals surface area contributed by atoms with Gasteiger partial charge in [0.1, 0.15) is 29.6 Å². The number of hydrogen-bond donors (Lipinski definition) is 0. The Labute approximate surface area is 147 Å². The number of halogens is 1. The standard InChI is InChI=1S/C18H15BrN2O3/c1-21-17(10-11-20-21)18(22)9-8-15-6-7-16(24-15)12-23-14-4-2-13(19)3-5-14/h2-11H,12H2,1H3. The fourth-order valence-corrected chi connectivity index (χ4v) is 2.37. The number of rotatable bonds is 6. The monoisotopic (exact) mass is 386 g/mol. The molecular weight excluding hydrogens is 372 g/mol. The molecule has 0 saturated heterocycles. The average Bonchev–Trinajstić information content (AvgIpc) is 3.21. The first-order chi connectivity index (χ1) is 11.6. The van der Waals surface area contributed by atoms with E-state index in [9.17, 15) is 4.79 Å². The van der Waals surface area contributed by atoms with E-state index >= 15 is 0 Å². The van der Waals surface area contributed by atoms with Gasteiger partial charge in [-0.2, -0.15) is 5.10 Å². The number of furan rings is 1. The number of aromatic nitrogens is 2. The number of ether oxygens (including phenoxy) is 1. The molecule has 122 valence electrons. The maximum atomic E-state index is 12.0. The van der Waals surface area contributed by atoms with Crippen LogP contribution in [0.2, 0.25) is 0 Å². The van der Waals surface area contributed by atoms with Crippen molar-refractivity contribution in [3.8, 4) is 5.75 Å². The van der Waals surface area contributed by atoms with E-state index in [0.29, 0.717) is 23.8 Å². The topological polar surface area (TPSA) is 57.3 Å². The lowest BCUT2D eigenvalue weighted by molar-refractivity contribution is 0.103. The molecule has 0 aliphatic heterocycles. The van der Waals surface area contributed by atoms with Crippen LogP contribution in [0, 0.1) is 0 Å². The van der Waals surface area contributed by atoms with E-state index in [-0.39, 0.29) is 5.78 Å². The summed E-state index contributed by atoms with van der Waals surface area (Å²) in [7, 11) is 1.73. The second kappa shape index (κ2) is 7.31. The summed E-state index contributed by atoms with van der Waals surface area (Å²) in [6.45, 7) is 0.325. The molecular formula is C18H15BrN2O3. The van der Waals surface area contributed by atoms with Gasteiger partial charge >= 0.3 is 0 Å². The normalized spacial score (nSPS) is 11.1. The van der Waals surface area contributed by atoms with E-state index < -0.39 is 0 Å². The molecule has 0 unspecified atom stereocenters. The molecule has 1 aromatic carbocycles. The number of carbonyl (C=O) groups is 1. The first-order valence-corrected chi connectivity index (χ1v) is 8.08. The quantitative estimate of drug-likeness (QED) is 0.469. The van der Waals surface area contributed by atoms with Crippen LogP contribution >= 0.6 is 15.9 Å². The molecule has 0 radical (unpaired) electrons. The fourth-order valence-electron chi connectivity index (χ4n) is 2.11. The predicted molar refractivity (Wildman–Crippen MR) is 93.8 cm³/mol. The Morgan fingerprint density at radius 2 is 2.04 bits per heavy atom. The van der Waals surface area contributed by atoms with Crippen LogP contribution in [0.1, 0.15) is 22.0 Å². The zero-order valence-electron chi connectivity index (χ0n) is 13.0. The zero-order valence-corrected chi connectivity index (χ0v) is 14.6. The van der Waals surface area contributed by atoms with Crippen LogP contribution in [0.4, 0.5) is 0 Å². The van der Waals surface area contributed by atoms with Gasteiger partial charge in [0.05, 0.1) is 0 Å². The highest BCUT2D eigenvalue weighted by molar-refractivity contribution is 9.10. The molecule has 0 aliphatic rings. The van der Waals surface area contributed by atoms with Crippen molar-refractivity contribution < 1.29 is 13.9 Å². The Morgan fingerprint density at radius 3 is 2.75 bits per heavy atom. The number of hydrogen-bond acceptors (Lipinski definition) is 4. The van der Waals surface area contributed by atoms with Crippen molar-refractivity contribution in [1.29, 1.82) is 0 Å². The third-order valence-corrected chi connectivity index (χ3v) is 3.88. The lowest BCUT2D eigenvalue weighted by atomic mass is 10.2. The van der Waals surface area contributed by atoms with Crippen molar-refractivity contribution in [3.05, 3.63) is 76.4 Å². The van der Waals surface area contributed by atoms with Crippen molar-refractivity contribution in [2.45, 2.75) is 6.61 Å². The Hall–Kier alpha value is -2.60. The highest BCUT2D eigenvalue weighted by Crippen LogP contribution is 2.18. The minimum Gasteiger partial charge on any atom is -0.486 e. The summed E-state index contributed by atoms with van der Waals surface area (Å²) < 4.78 is 13.8. The maximum absolute atomic E-state index is 12.0. The SMILES string of the molecule is Cn1nccc1C(=O)C=Cc1ccc(COc2ccc(Br)cc2)o1. The molecule has 0 atom stereocenters. The summed E-state index contributed by atoms with van der Waals surface area (Å²) in [4.78, 5) is 12.0. The lowest BCUT2D eigenvalue weighted by Gasteiger charge is -2.03. The largest absolute Gasteiger partial charge is 0.486 e. The van der Waals surface area contributed by atoms with Gasteiger partial charge in [0, 0.05) is 17.7 Å². The maximum Gasteiger partial charge on any atom is 0.203 e. The molecule has 0 spiro atoms. The molecule has 2 aromatic heterocycles. The van der Waals surface area contributed by atoms with Gasteiger partial charge in [-0.05, 0) is 54.6 Å². The highest BCUT2D eigenvalue weighted by Gasteiger charge is 2.07. The first-order valence-electron chi connectivity index (χ1n) is 7.29. The lowest BCUT2D eigenvalue weighted by Crippen LogP contribution is -2.03. The van der Waals surface area contributed by atoms with Crippen molar-refractivity contribution in [2.24, 2.45) is 7.05 Å². The molecule has 0 bridgehead atoms. The molecule has 6 heteroatoms. The van der Waals surface area contributed by atoms with E-state index in [4.69, 9.17) is 9.15 Å². The number of benzene rings is 1. The molecule has 0 N–H and O–H groups in total. The third-order valence-electron chi connectivity index (χ3n) is 3.35. The van der Waals surface area contributed by atoms with Gasteiger partial charge in [-0.15, -0.1) is 0 Å². The summed E-state index contributed by atoms with van der Waals surface area (Å²) in [6, 6.07) is 12.9. The number of aryl methyl sites for hydroxylation is 1.